The molecule has 1 heterocycles. The SMILES string of the molecule is CC1CCCN(C2CCCC(CN)C2)C1. The zero-order valence-electron chi connectivity index (χ0n) is 10.1. The standard InChI is InChI=1S/C13H26N2/c1-11-4-3-7-15(10-11)13-6-2-5-12(8-13)9-14/h11-13H,2-10,14H2,1H3. The molecular formula is C13H26N2. The van der Waals surface area contributed by atoms with Gasteiger partial charge in [-0.25, -0.2) is 0 Å². The van der Waals surface area contributed by atoms with E-state index in [9.17, 15) is 0 Å². The van der Waals surface area contributed by atoms with E-state index in [1.165, 1.54) is 51.6 Å². The lowest BCUT2D eigenvalue weighted by atomic mass is 9.84. The molecule has 2 aliphatic rings. The van der Waals surface area contributed by atoms with Gasteiger partial charge in [0.05, 0.1) is 0 Å². The summed E-state index contributed by atoms with van der Waals surface area (Å²) in [4.78, 5) is 2.75. The molecule has 2 nitrogen and oxygen atoms in total. The van der Waals surface area contributed by atoms with Crippen molar-refractivity contribution in [2.75, 3.05) is 19.6 Å². The summed E-state index contributed by atoms with van der Waals surface area (Å²) < 4.78 is 0. The summed E-state index contributed by atoms with van der Waals surface area (Å²) in [6, 6.07) is 0.857. The van der Waals surface area contributed by atoms with Crippen LogP contribution in [0.5, 0.6) is 0 Å². The molecule has 0 aromatic heterocycles. The number of hydrogen-bond acceptors (Lipinski definition) is 2. The predicted octanol–water partition coefficient (Wildman–Crippen LogP) is 2.24. The molecule has 0 aromatic rings. The van der Waals surface area contributed by atoms with Crippen LogP contribution in [-0.4, -0.2) is 30.6 Å². The molecule has 3 atom stereocenters. The van der Waals surface area contributed by atoms with Crippen LogP contribution in [-0.2, 0) is 0 Å². The number of nitrogens with two attached hydrogens (primary N) is 1. The molecule has 1 saturated carbocycles. The van der Waals surface area contributed by atoms with Crippen LogP contribution in [0, 0.1) is 11.8 Å². The Morgan fingerprint density at radius 3 is 2.80 bits per heavy atom. The number of nitrogens with zero attached hydrogens (tertiary/aromatic N) is 1. The van der Waals surface area contributed by atoms with Gasteiger partial charge >= 0.3 is 0 Å². The lowest BCUT2D eigenvalue weighted by Gasteiger charge is -2.41. The van der Waals surface area contributed by atoms with Gasteiger partial charge in [0, 0.05) is 12.6 Å². The molecule has 1 saturated heterocycles. The second-order valence-electron chi connectivity index (χ2n) is 5.66. The maximum absolute atomic E-state index is 5.80. The Kier molecular flexibility index (Phi) is 4.04. The first-order valence-corrected chi connectivity index (χ1v) is 6.73. The van der Waals surface area contributed by atoms with Gasteiger partial charge in [0.2, 0.25) is 0 Å². The maximum atomic E-state index is 5.80. The Balaban J connectivity index is 1.86. The van der Waals surface area contributed by atoms with Crippen LogP contribution in [0.4, 0.5) is 0 Å². The molecule has 2 rings (SSSR count). The van der Waals surface area contributed by atoms with Crippen LogP contribution in [0.2, 0.25) is 0 Å². The van der Waals surface area contributed by atoms with Crippen LogP contribution in [0.1, 0.15) is 45.4 Å². The summed E-state index contributed by atoms with van der Waals surface area (Å²) >= 11 is 0. The second kappa shape index (κ2) is 5.31. The van der Waals surface area contributed by atoms with E-state index in [1.54, 1.807) is 0 Å². The first-order valence-electron chi connectivity index (χ1n) is 6.73. The second-order valence-corrected chi connectivity index (χ2v) is 5.66. The van der Waals surface area contributed by atoms with Crippen LogP contribution in [0.25, 0.3) is 0 Å². The van der Waals surface area contributed by atoms with E-state index in [-0.39, 0.29) is 0 Å². The third kappa shape index (κ3) is 2.94. The Hall–Kier alpha value is -0.0800. The number of hydrogen-bond donors (Lipinski definition) is 1. The molecule has 2 fully saturated rings. The van der Waals surface area contributed by atoms with Gasteiger partial charge in [0.15, 0.2) is 0 Å². The fraction of sp³-hybridized carbons (Fsp3) is 1.00. The summed E-state index contributed by atoms with van der Waals surface area (Å²) in [6.45, 7) is 5.98. The molecule has 0 radical (unpaired) electrons. The fourth-order valence-corrected chi connectivity index (χ4v) is 3.37. The molecule has 0 bridgehead atoms. The molecule has 88 valence electrons. The van der Waals surface area contributed by atoms with Crippen LogP contribution < -0.4 is 5.73 Å². The van der Waals surface area contributed by atoms with E-state index in [2.05, 4.69) is 11.8 Å². The molecular weight excluding hydrogens is 184 g/mol. The molecule has 0 aromatic carbocycles. The molecule has 0 amide bonds. The Labute approximate surface area is 94.2 Å². The molecule has 1 aliphatic heterocycles. The normalized spacial score (nSPS) is 39.2. The smallest absolute Gasteiger partial charge is 0.00984 e. The minimum absolute atomic E-state index is 0.806. The Morgan fingerprint density at radius 1 is 1.20 bits per heavy atom. The van der Waals surface area contributed by atoms with Crippen molar-refractivity contribution in [1.29, 1.82) is 0 Å². The average Bonchev–Trinajstić information content (AvgIpc) is 2.29. The minimum atomic E-state index is 0.806. The summed E-state index contributed by atoms with van der Waals surface area (Å²) in [6.07, 6.45) is 8.40. The number of rotatable bonds is 2. The van der Waals surface area contributed by atoms with E-state index >= 15 is 0 Å². The van der Waals surface area contributed by atoms with E-state index in [4.69, 9.17) is 5.73 Å². The zero-order valence-corrected chi connectivity index (χ0v) is 10.1. The zero-order chi connectivity index (χ0) is 10.7. The van der Waals surface area contributed by atoms with E-state index in [0.29, 0.717) is 0 Å². The quantitative estimate of drug-likeness (QED) is 0.757. The van der Waals surface area contributed by atoms with E-state index in [1.807, 2.05) is 0 Å². The molecule has 0 spiro atoms. The first kappa shape index (κ1) is 11.4. The topological polar surface area (TPSA) is 29.3 Å². The minimum Gasteiger partial charge on any atom is -0.330 e. The van der Waals surface area contributed by atoms with Crippen molar-refractivity contribution in [3.8, 4) is 0 Å². The summed E-state index contributed by atoms with van der Waals surface area (Å²) in [7, 11) is 0. The molecule has 3 unspecified atom stereocenters. The molecule has 2 N–H and O–H groups in total. The van der Waals surface area contributed by atoms with Gasteiger partial charge in [-0.1, -0.05) is 13.3 Å². The summed E-state index contributed by atoms with van der Waals surface area (Å²) in [5.41, 5.74) is 5.80. The lowest BCUT2D eigenvalue weighted by Crippen LogP contribution is -2.45. The van der Waals surface area contributed by atoms with Crippen molar-refractivity contribution in [3.63, 3.8) is 0 Å². The van der Waals surface area contributed by atoms with Crippen molar-refractivity contribution in [2.45, 2.75) is 51.5 Å². The highest BCUT2D eigenvalue weighted by atomic mass is 15.2. The monoisotopic (exact) mass is 210 g/mol. The maximum Gasteiger partial charge on any atom is 0.00984 e. The number of piperidine rings is 1. The van der Waals surface area contributed by atoms with Crippen LogP contribution in [0.3, 0.4) is 0 Å². The van der Waals surface area contributed by atoms with Gasteiger partial charge in [-0.15, -0.1) is 0 Å². The van der Waals surface area contributed by atoms with Crippen LogP contribution >= 0.6 is 0 Å². The lowest BCUT2D eigenvalue weighted by molar-refractivity contribution is 0.0882. The van der Waals surface area contributed by atoms with Crippen molar-refractivity contribution < 1.29 is 0 Å². The summed E-state index contributed by atoms with van der Waals surface area (Å²) in [5.74, 6) is 1.72. The highest BCUT2D eigenvalue weighted by Crippen LogP contribution is 2.29. The van der Waals surface area contributed by atoms with Gasteiger partial charge in [-0.2, -0.15) is 0 Å². The Bertz CT molecular complexity index is 193. The third-order valence-corrected chi connectivity index (χ3v) is 4.29. The van der Waals surface area contributed by atoms with Crippen molar-refractivity contribution in [3.05, 3.63) is 0 Å². The number of likely N-dealkylation sites (tertiary alicyclic amines) is 1. The van der Waals surface area contributed by atoms with Crippen molar-refractivity contribution in [2.24, 2.45) is 17.6 Å². The highest BCUT2D eigenvalue weighted by Gasteiger charge is 2.28. The van der Waals surface area contributed by atoms with Crippen molar-refractivity contribution >= 4 is 0 Å². The van der Waals surface area contributed by atoms with Crippen LogP contribution in [0.15, 0.2) is 0 Å². The predicted molar refractivity (Wildman–Crippen MR) is 64.8 cm³/mol. The Morgan fingerprint density at radius 2 is 2.07 bits per heavy atom. The van der Waals surface area contributed by atoms with Gasteiger partial charge in [-0.05, 0) is 57.0 Å². The molecule has 1 aliphatic carbocycles. The van der Waals surface area contributed by atoms with Gasteiger partial charge in [0.1, 0.15) is 0 Å². The van der Waals surface area contributed by atoms with Gasteiger partial charge in [-0.3, -0.25) is 0 Å². The molecule has 15 heavy (non-hydrogen) atoms. The third-order valence-electron chi connectivity index (χ3n) is 4.29. The highest BCUT2D eigenvalue weighted by molar-refractivity contribution is 4.83. The van der Waals surface area contributed by atoms with E-state index in [0.717, 1.165) is 24.4 Å². The average molecular weight is 210 g/mol. The van der Waals surface area contributed by atoms with Crippen molar-refractivity contribution in [1.82, 2.24) is 4.90 Å². The van der Waals surface area contributed by atoms with Gasteiger partial charge in [0.25, 0.3) is 0 Å². The summed E-state index contributed by atoms with van der Waals surface area (Å²) in [5, 5.41) is 0. The largest absolute Gasteiger partial charge is 0.330 e. The first-order chi connectivity index (χ1) is 7.29. The van der Waals surface area contributed by atoms with E-state index < -0.39 is 0 Å². The fourth-order valence-electron chi connectivity index (χ4n) is 3.37. The molecule has 2 heteroatoms. The van der Waals surface area contributed by atoms with Gasteiger partial charge < -0.3 is 10.6 Å².